The van der Waals surface area contributed by atoms with Gasteiger partial charge in [-0.05, 0) is 23.6 Å². The van der Waals surface area contributed by atoms with Crippen molar-refractivity contribution in [3.63, 3.8) is 0 Å². The summed E-state index contributed by atoms with van der Waals surface area (Å²) in [4.78, 5) is 44.2. The minimum Gasteiger partial charge on any atom is -0.481 e. The first-order valence-corrected chi connectivity index (χ1v) is 9.60. The van der Waals surface area contributed by atoms with Gasteiger partial charge in [0.25, 0.3) is 0 Å². The minimum atomic E-state index is -4.59. The van der Waals surface area contributed by atoms with Crippen molar-refractivity contribution in [2.24, 2.45) is 5.92 Å². The first-order chi connectivity index (χ1) is 14.9. The zero-order chi connectivity index (χ0) is 23.6. The molecule has 14 heteroatoms. The highest BCUT2D eigenvalue weighted by Gasteiger charge is 2.38. The van der Waals surface area contributed by atoms with Crippen molar-refractivity contribution < 1.29 is 37.5 Å². The fourth-order valence-corrected chi connectivity index (χ4v) is 3.80. The Hall–Kier alpha value is -3.35. The van der Waals surface area contributed by atoms with Crippen molar-refractivity contribution in [2.75, 3.05) is 13.1 Å². The second kappa shape index (κ2) is 9.02. The monoisotopic (exact) mass is 475 g/mol. The maximum atomic E-state index is 12.9. The maximum Gasteiger partial charge on any atom is 0.406 e. The van der Waals surface area contributed by atoms with Crippen molar-refractivity contribution in [1.82, 2.24) is 25.7 Å². The van der Waals surface area contributed by atoms with E-state index >= 15 is 0 Å². The standard InChI is InChI=1S/C15H13ClF3N3O3.C3H4N2O2/c16-11-2-7-1-8(3-12(23)24)14(25)22(6-15(17,18)19)5-10(7)9-4-20-21-13(9)11;6-2-1-4-3(7)5-2/h2,4,8H,1,3,5-6H2,(H,20,21)(H,23,24);1H2,(H2,4,5,6,7)/t8-;/m0./s1. The SMILES string of the molecule is O=C(O)C[C@@H]1Cc2cc(Cl)c3[nH]ncc3c2CN(CC(F)(F)F)C1=O.O=C1CNC(=O)N1. The highest BCUT2D eigenvalue weighted by molar-refractivity contribution is 6.35. The van der Waals surface area contributed by atoms with Gasteiger partial charge in [-0.25, -0.2) is 4.79 Å². The third-order valence-corrected chi connectivity index (χ3v) is 5.12. The number of carbonyl (C=O) groups is 4. The number of imide groups is 1. The number of aromatic nitrogens is 2. The lowest BCUT2D eigenvalue weighted by molar-refractivity contribution is -0.165. The molecule has 0 unspecified atom stereocenters. The molecule has 0 saturated carbocycles. The van der Waals surface area contributed by atoms with Crippen LogP contribution < -0.4 is 10.6 Å². The molecule has 4 N–H and O–H groups in total. The van der Waals surface area contributed by atoms with Gasteiger partial charge < -0.3 is 15.3 Å². The number of urea groups is 1. The normalized spacial score (nSPS) is 18.4. The van der Waals surface area contributed by atoms with Gasteiger partial charge in [-0.1, -0.05) is 11.6 Å². The Morgan fingerprint density at radius 1 is 1.31 bits per heavy atom. The van der Waals surface area contributed by atoms with E-state index in [1.165, 1.54) is 6.20 Å². The Morgan fingerprint density at radius 2 is 2.03 bits per heavy atom. The van der Waals surface area contributed by atoms with E-state index in [0.717, 1.165) is 0 Å². The summed E-state index contributed by atoms with van der Waals surface area (Å²) >= 11 is 6.16. The number of hydrogen-bond donors (Lipinski definition) is 4. The summed E-state index contributed by atoms with van der Waals surface area (Å²) in [5, 5.41) is 20.7. The number of fused-ring (bicyclic) bond motifs is 3. The number of halogens is 4. The summed E-state index contributed by atoms with van der Waals surface area (Å²) in [7, 11) is 0. The number of carbonyl (C=O) groups excluding carboxylic acids is 3. The van der Waals surface area contributed by atoms with Gasteiger partial charge in [-0.2, -0.15) is 18.3 Å². The Labute approximate surface area is 183 Å². The molecule has 1 aromatic carbocycles. The molecule has 0 bridgehead atoms. The van der Waals surface area contributed by atoms with E-state index in [2.05, 4.69) is 15.5 Å². The summed E-state index contributed by atoms with van der Waals surface area (Å²) in [6, 6.07) is 1.15. The van der Waals surface area contributed by atoms with Crippen LogP contribution in [0.4, 0.5) is 18.0 Å². The van der Waals surface area contributed by atoms with E-state index < -0.39 is 43.0 Å². The van der Waals surface area contributed by atoms with Crippen LogP contribution in [0.2, 0.25) is 5.02 Å². The minimum absolute atomic E-state index is 0.00959. The van der Waals surface area contributed by atoms with E-state index in [0.29, 0.717) is 32.0 Å². The molecule has 2 aliphatic heterocycles. The lowest BCUT2D eigenvalue weighted by Crippen LogP contribution is -2.41. The molecule has 1 atom stereocenters. The third-order valence-electron chi connectivity index (χ3n) is 4.82. The summed E-state index contributed by atoms with van der Waals surface area (Å²) in [6.07, 6.45) is -3.69. The van der Waals surface area contributed by atoms with Crippen molar-refractivity contribution >= 4 is 46.3 Å². The molecule has 1 aromatic heterocycles. The zero-order valence-electron chi connectivity index (χ0n) is 16.3. The number of hydrogen-bond acceptors (Lipinski definition) is 5. The molecule has 1 saturated heterocycles. The molecule has 4 amide bonds. The fourth-order valence-electron chi connectivity index (χ4n) is 3.53. The number of aromatic amines is 1. The van der Waals surface area contributed by atoms with E-state index in [1.54, 1.807) is 6.07 Å². The number of nitrogens with one attached hydrogen (secondary N) is 3. The quantitative estimate of drug-likeness (QED) is 0.496. The number of nitrogens with zero attached hydrogens (tertiary/aromatic N) is 2. The average Bonchev–Trinajstić information content (AvgIpc) is 3.28. The molecular weight excluding hydrogens is 459 g/mol. The lowest BCUT2D eigenvalue weighted by atomic mass is 9.93. The molecule has 32 heavy (non-hydrogen) atoms. The van der Waals surface area contributed by atoms with Gasteiger partial charge >= 0.3 is 18.2 Å². The number of carboxylic acid groups (broad SMARTS) is 1. The molecular formula is C18H17ClF3N5O5. The van der Waals surface area contributed by atoms with Gasteiger partial charge in [0.2, 0.25) is 11.8 Å². The molecule has 2 aromatic rings. The van der Waals surface area contributed by atoms with Crippen LogP contribution in [0.25, 0.3) is 10.9 Å². The fraction of sp³-hybridized carbons (Fsp3) is 0.389. The highest BCUT2D eigenvalue weighted by atomic mass is 35.5. The number of alkyl halides is 3. The molecule has 10 nitrogen and oxygen atoms in total. The second-order valence-corrected chi connectivity index (χ2v) is 7.60. The third kappa shape index (κ3) is 5.46. The summed E-state index contributed by atoms with van der Waals surface area (Å²) in [5.41, 5.74) is 1.53. The molecule has 0 aliphatic carbocycles. The average molecular weight is 476 g/mol. The lowest BCUT2D eigenvalue weighted by Gasteiger charge is -2.25. The first-order valence-electron chi connectivity index (χ1n) is 9.23. The number of carboxylic acids is 1. The highest BCUT2D eigenvalue weighted by Crippen LogP contribution is 2.34. The predicted octanol–water partition coefficient (Wildman–Crippen LogP) is 1.58. The number of amides is 4. The van der Waals surface area contributed by atoms with E-state index in [1.807, 2.05) is 5.32 Å². The van der Waals surface area contributed by atoms with Gasteiger partial charge in [-0.3, -0.25) is 24.8 Å². The van der Waals surface area contributed by atoms with Crippen LogP contribution >= 0.6 is 11.6 Å². The van der Waals surface area contributed by atoms with E-state index in [9.17, 15) is 32.3 Å². The van der Waals surface area contributed by atoms with Gasteiger partial charge in [-0.15, -0.1) is 0 Å². The van der Waals surface area contributed by atoms with Crippen LogP contribution in [0, 0.1) is 5.92 Å². The van der Waals surface area contributed by atoms with E-state index in [-0.39, 0.29) is 25.4 Å². The molecule has 1 fully saturated rings. The molecule has 2 aliphatic rings. The number of H-pyrrole nitrogens is 1. The number of aliphatic carboxylic acids is 1. The van der Waals surface area contributed by atoms with Crippen LogP contribution in [0.3, 0.4) is 0 Å². The smallest absolute Gasteiger partial charge is 0.406 e. The van der Waals surface area contributed by atoms with Crippen LogP contribution in [-0.2, 0) is 27.3 Å². The van der Waals surface area contributed by atoms with Crippen molar-refractivity contribution in [3.8, 4) is 0 Å². The molecule has 0 spiro atoms. The summed E-state index contributed by atoms with van der Waals surface area (Å²) < 4.78 is 38.6. The topological polar surface area (TPSA) is 144 Å². The van der Waals surface area contributed by atoms with Crippen molar-refractivity contribution in [1.29, 1.82) is 0 Å². The Morgan fingerprint density at radius 3 is 2.56 bits per heavy atom. The number of rotatable bonds is 3. The van der Waals surface area contributed by atoms with Gasteiger partial charge in [0.1, 0.15) is 6.54 Å². The summed E-state index contributed by atoms with van der Waals surface area (Å²) in [6.45, 7) is -1.60. The molecule has 4 rings (SSSR count). The molecule has 3 heterocycles. The Bertz CT molecular complexity index is 1070. The largest absolute Gasteiger partial charge is 0.481 e. The van der Waals surface area contributed by atoms with Crippen molar-refractivity contribution in [3.05, 3.63) is 28.4 Å². The van der Waals surface area contributed by atoms with Crippen LogP contribution in [0.5, 0.6) is 0 Å². The first kappa shape index (κ1) is 23.3. The van der Waals surface area contributed by atoms with Crippen LogP contribution in [0.15, 0.2) is 12.3 Å². The second-order valence-electron chi connectivity index (χ2n) is 7.19. The van der Waals surface area contributed by atoms with E-state index in [4.69, 9.17) is 16.7 Å². The van der Waals surface area contributed by atoms with Gasteiger partial charge in [0, 0.05) is 11.9 Å². The predicted molar refractivity (Wildman–Crippen MR) is 104 cm³/mol. The summed E-state index contributed by atoms with van der Waals surface area (Å²) in [5.74, 6) is -3.42. The molecule has 0 radical (unpaired) electrons. The number of benzene rings is 1. The van der Waals surface area contributed by atoms with Gasteiger partial charge in [0.05, 0.1) is 35.6 Å². The Balaban J connectivity index is 0.000000352. The van der Waals surface area contributed by atoms with Crippen LogP contribution in [-0.4, -0.2) is 63.3 Å². The Kier molecular flexibility index (Phi) is 6.57. The maximum absolute atomic E-state index is 12.9. The molecule has 172 valence electrons. The van der Waals surface area contributed by atoms with Crippen molar-refractivity contribution in [2.45, 2.75) is 25.6 Å². The van der Waals surface area contributed by atoms with Gasteiger partial charge in [0.15, 0.2) is 0 Å². The van der Waals surface area contributed by atoms with Crippen LogP contribution in [0.1, 0.15) is 17.5 Å². The zero-order valence-corrected chi connectivity index (χ0v) is 17.0.